The normalized spacial score (nSPS) is 16.5. The van der Waals surface area contributed by atoms with Crippen molar-refractivity contribution in [3.05, 3.63) is 72.3 Å². The summed E-state index contributed by atoms with van der Waals surface area (Å²) < 4.78 is 48.2. The molecule has 0 bridgehead atoms. The second-order valence-electron chi connectivity index (χ2n) is 10.1. The third-order valence-corrected chi connectivity index (χ3v) is 9.78. The van der Waals surface area contributed by atoms with E-state index in [9.17, 15) is 17.6 Å². The van der Waals surface area contributed by atoms with E-state index >= 15 is 0 Å². The molecule has 6 rings (SSSR count). The Morgan fingerprint density at radius 1 is 1.24 bits per heavy atom. The Kier molecular flexibility index (Phi) is 7.00. The number of amides is 1. The van der Waals surface area contributed by atoms with Gasteiger partial charge in [0.05, 0.1) is 37.0 Å². The number of halogens is 1. The zero-order valence-corrected chi connectivity index (χ0v) is 24.2. The highest BCUT2D eigenvalue weighted by Gasteiger charge is 2.32. The number of carbonyl (C=O) groups excluding carboxylic acids is 1. The first-order chi connectivity index (χ1) is 19.7. The number of benzene rings is 1. The zero-order valence-electron chi connectivity index (χ0n) is 22.6. The molecule has 1 amide bonds. The second-order valence-corrected chi connectivity index (χ2v) is 13.0. The molecule has 2 aliphatic rings. The number of ether oxygens (including phenoxy) is 1. The predicted octanol–water partition coefficient (Wildman–Crippen LogP) is 4.59. The third-order valence-electron chi connectivity index (χ3n) is 7.58. The highest BCUT2D eigenvalue weighted by molar-refractivity contribution is 7.88. The lowest BCUT2D eigenvalue weighted by Gasteiger charge is -2.38. The summed E-state index contributed by atoms with van der Waals surface area (Å²) in [7, 11) is -1.79. The molecule has 41 heavy (non-hydrogen) atoms. The van der Waals surface area contributed by atoms with Gasteiger partial charge in [-0.2, -0.15) is 9.40 Å². The van der Waals surface area contributed by atoms with Gasteiger partial charge < -0.3 is 9.64 Å². The van der Waals surface area contributed by atoms with E-state index in [0.29, 0.717) is 43.1 Å². The van der Waals surface area contributed by atoms with E-state index in [2.05, 4.69) is 11.7 Å². The lowest BCUT2D eigenvalue weighted by Crippen LogP contribution is -2.50. The lowest BCUT2D eigenvalue weighted by atomic mass is 9.95. The third kappa shape index (κ3) is 4.96. The molecule has 5 heterocycles. The van der Waals surface area contributed by atoms with Crippen LogP contribution in [0.3, 0.4) is 0 Å². The Labute approximate surface area is 241 Å². The summed E-state index contributed by atoms with van der Waals surface area (Å²) in [4.78, 5) is 18.8. The van der Waals surface area contributed by atoms with Crippen LogP contribution in [0.2, 0.25) is 0 Å². The van der Waals surface area contributed by atoms with Crippen LogP contribution in [0.25, 0.3) is 38.0 Å². The second kappa shape index (κ2) is 10.5. The SMILES string of the molecule is C=CC(=O)N1CC(n2cc(-c3nc(C4=CCN(S(C)(=O)=O)CC4)c4ccsc4c3-c3ccc(F)cc3OC)cn2)C1. The molecule has 9 nitrogen and oxygen atoms in total. The Morgan fingerprint density at radius 2 is 2.05 bits per heavy atom. The molecule has 0 spiro atoms. The van der Waals surface area contributed by atoms with Gasteiger partial charge in [0, 0.05) is 65.2 Å². The maximum absolute atomic E-state index is 14.2. The monoisotopic (exact) mass is 593 g/mol. The van der Waals surface area contributed by atoms with Crippen molar-refractivity contribution < 1.29 is 22.3 Å². The van der Waals surface area contributed by atoms with Crippen molar-refractivity contribution in [2.24, 2.45) is 0 Å². The van der Waals surface area contributed by atoms with Gasteiger partial charge in [0.1, 0.15) is 11.6 Å². The molecule has 2 aliphatic heterocycles. The van der Waals surface area contributed by atoms with Crippen molar-refractivity contribution in [2.75, 3.05) is 39.5 Å². The van der Waals surface area contributed by atoms with Gasteiger partial charge in [0.25, 0.3) is 0 Å². The number of rotatable bonds is 7. The summed E-state index contributed by atoms with van der Waals surface area (Å²) >= 11 is 1.56. The van der Waals surface area contributed by atoms with Crippen molar-refractivity contribution in [1.29, 1.82) is 0 Å². The molecule has 0 unspecified atom stereocenters. The summed E-state index contributed by atoms with van der Waals surface area (Å²) in [5.74, 6) is -0.122. The van der Waals surface area contributed by atoms with E-state index in [4.69, 9.17) is 9.72 Å². The maximum atomic E-state index is 14.2. The standard InChI is InChI=1S/C29H28FN5O4S2/c1-4-25(36)33-16-21(17-33)35-15-19(14-31-35)28-26(22-6-5-20(30)13-24(22)39-2)29-23(9-12-40-29)27(32-28)18-7-10-34(11-8-18)41(3,37)38/h4-7,9,12-15,21H,1,8,10-11,16-17H2,2-3H3. The minimum absolute atomic E-state index is 0.0319. The number of nitrogens with zero attached hydrogens (tertiary/aromatic N) is 5. The number of pyridine rings is 1. The molecule has 0 N–H and O–H groups in total. The smallest absolute Gasteiger partial charge is 0.246 e. The van der Waals surface area contributed by atoms with Crippen molar-refractivity contribution in [3.8, 4) is 28.1 Å². The fourth-order valence-electron chi connectivity index (χ4n) is 5.36. The molecule has 0 saturated carbocycles. The van der Waals surface area contributed by atoms with Gasteiger partial charge in [0.2, 0.25) is 15.9 Å². The fraction of sp³-hybridized carbons (Fsp3) is 0.276. The number of thiophene rings is 1. The van der Waals surface area contributed by atoms with E-state index in [1.165, 1.54) is 35.9 Å². The molecule has 1 fully saturated rings. The molecule has 0 atom stereocenters. The van der Waals surface area contributed by atoms with Crippen LogP contribution in [0.15, 0.2) is 60.8 Å². The van der Waals surface area contributed by atoms with Gasteiger partial charge in [-0.05, 0) is 41.6 Å². The van der Waals surface area contributed by atoms with Crippen LogP contribution in [-0.4, -0.2) is 77.8 Å². The molecule has 1 saturated heterocycles. The van der Waals surface area contributed by atoms with Crippen molar-refractivity contribution in [1.82, 2.24) is 24.0 Å². The van der Waals surface area contributed by atoms with Crippen LogP contribution in [0.5, 0.6) is 5.75 Å². The molecule has 212 valence electrons. The average molecular weight is 594 g/mol. The van der Waals surface area contributed by atoms with Gasteiger partial charge in [-0.25, -0.2) is 17.8 Å². The quantitative estimate of drug-likeness (QED) is 0.291. The van der Waals surface area contributed by atoms with Crippen LogP contribution in [0.1, 0.15) is 18.2 Å². The highest BCUT2D eigenvalue weighted by Crippen LogP contribution is 2.45. The molecule has 0 aliphatic carbocycles. The number of aromatic nitrogens is 3. The van der Waals surface area contributed by atoms with E-state index in [0.717, 1.165) is 32.5 Å². The van der Waals surface area contributed by atoms with Crippen LogP contribution < -0.4 is 4.74 Å². The largest absolute Gasteiger partial charge is 0.496 e. The molecular weight excluding hydrogens is 565 g/mol. The molecule has 3 aromatic heterocycles. The molecule has 1 aromatic carbocycles. The van der Waals surface area contributed by atoms with Gasteiger partial charge >= 0.3 is 0 Å². The topological polar surface area (TPSA) is 97.6 Å². The Hall–Kier alpha value is -3.87. The first-order valence-electron chi connectivity index (χ1n) is 13.0. The van der Waals surface area contributed by atoms with E-state index in [1.54, 1.807) is 28.5 Å². The van der Waals surface area contributed by atoms with Crippen LogP contribution in [-0.2, 0) is 14.8 Å². The summed E-state index contributed by atoms with van der Waals surface area (Å²) in [6, 6.07) is 6.51. The lowest BCUT2D eigenvalue weighted by molar-refractivity contribution is -0.131. The Balaban J connectivity index is 1.50. The van der Waals surface area contributed by atoms with E-state index < -0.39 is 15.8 Å². The number of hydrogen-bond donors (Lipinski definition) is 0. The van der Waals surface area contributed by atoms with Gasteiger partial charge in [-0.15, -0.1) is 11.3 Å². The van der Waals surface area contributed by atoms with Crippen LogP contribution >= 0.6 is 11.3 Å². The number of sulfonamides is 1. The molecule has 12 heteroatoms. The number of methoxy groups -OCH3 is 1. The molecular formula is C29H28FN5O4S2. The average Bonchev–Trinajstić information content (AvgIpc) is 3.61. The molecule has 0 radical (unpaired) electrons. The number of hydrogen-bond acceptors (Lipinski definition) is 7. The van der Waals surface area contributed by atoms with E-state index in [1.807, 2.05) is 28.4 Å². The summed E-state index contributed by atoms with van der Waals surface area (Å²) in [5, 5.41) is 7.54. The van der Waals surface area contributed by atoms with Gasteiger partial charge in [-0.3, -0.25) is 9.48 Å². The summed E-state index contributed by atoms with van der Waals surface area (Å²) in [6.07, 6.45) is 8.66. The summed E-state index contributed by atoms with van der Waals surface area (Å²) in [5.41, 5.74) is 4.70. The Morgan fingerprint density at radius 3 is 2.73 bits per heavy atom. The van der Waals surface area contributed by atoms with Crippen LogP contribution in [0, 0.1) is 5.82 Å². The first kappa shape index (κ1) is 27.3. The molecule has 4 aromatic rings. The van der Waals surface area contributed by atoms with Gasteiger partial charge in [-0.1, -0.05) is 12.7 Å². The van der Waals surface area contributed by atoms with Crippen molar-refractivity contribution in [2.45, 2.75) is 12.5 Å². The van der Waals surface area contributed by atoms with Crippen molar-refractivity contribution in [3.63, 3.8) is 0 Å². The minimum atomic E-state index is -3.30. The Bertz CT molecular complexity index is 1820. The number of carbonyl (C=O) groups is 1. The van der Waals surface area contributed by atoms with Crippen LogP contribution in [0.4, 0.5) is 4.39 Å². The zero-order chi connectivity index (χ0) is 28.9. The van der Waals surface area contributed by atoms with Gasteiger partial charge in [0.15, 0.2) is 0 Å². The maximum Gasteiger partial charge on any atom is 0.246 e. The number of likely N-dealkylation sites (tertiary alicyclic amines) is 1. The highest BCUT2D eigenvalue weighted by atomic mass is 32.2. The predicted molar refractivity (Wildman–Crippen MR) is 158 cm³/mol. The summed E-state index contributed by atoms with van der Waals surface area (Å²) in [6.45, 7) is 5.29. The first-order valence-corrected chi connectivity index (χ1v) is 15.8. The van der Waals surface area contributed by atoms with E-state index in [-0.39, 0.29) is 18.5 Å². The number of fused-ring (bicyclic) bond motifs is 1. The fourth-order valence-corrected chi connectivity index (χ4v) is 7.08. The minimum Gasteiger partial charge on any atom is -0.496 e. The van der Waals surface area contributed by atoms with Crippen molar-refractivity contribution >= 4 is 42.9 Å².